The van der Waals surface area contributed by atoms with Crippen molar-refractivity contribution in [2.24, 2.45) is 0 Å². The lowest BCUT2D eigenvalue weighted by molar-refractivity contribution is -0.137. The van der Waals surface area contributed by atoms with Crippen LogP contribution in [-0.4, -0.2) is 30.1 Å². The molecule has 2 unspecified atom stereocenters. The molecule has 0 bridgehead atoms. The van der Waals surface area contributed by atoms with E-state index in [9.17, 15) is 13.2 Å². The standard InChI is InChI=1S/C15H18BrF3N2/c16-11-6-10(15(17,18)19)7-13(8-11)20-12-3-5-21-4-1-2-14(21)9-12/h6-8,12,14,20H,1-5,9H2. The molecule has 2 saturated heterocycles. The molecular weight excluding hydrogens is 345 g/mol. The van der Waals surface area contributed by atoms with Gasteiger partial charge in [0.05, 0.1) is 5.56 Å². The van der Waals surface area contributed by atoms with E-state index in [2.05, 4.69) is 26.1 Å². The average molecular weight is 363 g/mol. The highest BCUT2D eigenvalue weighted by atomic mass is 79.9. The van der Waals surface area contributed by atoms with Crippen molar-refractivity contribution in [1.82, 2.24) is 4.90 Å². The van der Waals surface area contributed by atoms with Crippen LogP contribution in [0.5, 0.6) is 0 Å². The van der Waals surface area contributed by atoms with Crippen molar-refractivity contribution < 1.29 is 13.2 Å². The van der Waals surface area contributed by atoms with Crippen LogP contribution in [0.25, 0.3) is 0 Å². The lowest BCUT2D eigenvalue weighted by Crippen LogP contribution is -2.42. The number of alkyl halides is 3. The summed E-state index contributed by atoms with van der Waals surface area (Å²) in [7, 11) is 0. The molecule has 2 aliphatic heterocycles. The first-order valence-electron chi connectivity index (χ1n) is 7.30. The normalized spacial score (nSPS) is 26.7. The lowest BCUT2D eigenvalue weighted by atomic mass is 9.97. The van der Waals surface area contributed by atoms with Crippen LogP contribution in [0.2, 0.25) is 0 Å². The Labute approximate surface area is 130 Å². The topological polar surface area (TPSA) is 15.3 Å². The summed E-state index contributed by atoms with van der Waals surface area (Å²) in [5.41, 5.74) is -0.0641. The van der Waals surface area contributed by atoms with Crippen LogP contribution < -0.4 is 5.32 Å². The maximum Gasteiger partial charge on any atom is 0.416 e. The number of nitrogens with one attached hydrogen (secondary N) is 1. The van der Waals surface area contributed by atoms with Crippen LogP contribution in [0.15, 0.2) is 22.7 Å². The summed E-state index contributed by atoms with van der Waals surface area (Å²) >= 11 is 3.17. The van der Waals surface area contributed by atoms with Crippen LogP contribution in [0.3, 0.4) is 0 Å². The zero-order valence-electron chi connectivity index (χ0n) is 11.6. The van der Waals surface area contributed by atoms with Crippen molar-refractivity contribution in [2.45, 2.75) is 43.9 Å². The summed E-state index contributed by atoms with van der Waals surface area (Å²) in [5, 5.41) is 3.29. The van der Waals surface area contributed by atoms with E-state index in [1.54, 1.807) is 6.07 Å². The Morgan fingerprint density at radius 1 is 1.14 bits per heavy atom. The number of anilines is 1. The van der Waals surface area contributed by atoms with E-state index in [1.165, 1.54) is 25.5 Å². The van der Waals surface area contributed by atoms with Gasteiger partial charge in [0.15, 0.2) is 0 Å². The lowest BCUT2D eigenvalue weighted by Gasteiger charge is -2.35. The van der Waals surface area contributed by atoms with Gasteiger partial charge in [-0.1, -0.05) is 15.9 Å². The highest BCUT2D eigenvalue weighted by molar-refractivity contribution is 9.10. The first-order chi connectivity index (χ1) is 9.91. The van der Waals surface area contributed by atoms with Gasteiger partial charge in [0.1, 0.15) is 0 Å². The first-order valence-corrected chi connectivity index (χ1v) is 8.09. The molecule has 1 aromatic rings. The highest BCUT2D eigenvalue weighted by Gasteiger charge is 2.33. The predicted molar refractivity (Wildman–Crippen MR) is 80.4 cm³/mol. The fourth-order valence-corrected chi connectivity index (χ4v) is 3.92. The van der Waals surface area contributed by atoms with Gasteiger partial charge in [0.25, 0.3) is 0 Å². The zero-order valence-corrected chi connectivity index (χ0v) is 13.2. The Morgan fingerprint density at radius 2 is 1.95 bits per heavy atom. The molecule has 0 aliphatic carbocycles. The van der Waals surface area contributed by atoms with E-state index in [4.69, 9.17) is 0 Å². The quantitative estimate of drug-likeness (QED) is 0.832. The Balaban J connectivity index is 1.71. The molecule has 2 heterocycles. The van der Waals surface area contributed by atoms with Gasteiger partial charge in [-0.25, -0.2) is 0 Å². The Bertz CT molecular complexity index is 518. The number of piperidine rings is 1. The monoisotopic (exact) mass is 362 g/mol. The number of rotatable bonds is 2. The van der Waals surface area contributed by atoms with Crippen molar-refractivity contribution >= 4 is 21.6 Å². The van der Waals surface area contributed by atoms with Gasteiger partial charge in [-0.3, -0.25) is 0 Å². The summed E-state index contributed by atoms with van der Waals surface area (Å²) < 4.78 is 39.0. The molecule has 1 aromatic carbocycles. The summed E-state index contributed by atoms with van der Waals surface area (Å²) in [6.07, 6.45) is 0.157. The maximum atomic E-state index is 12.8. The van der Waals surface area contributed by atoms with Crippen LogP contribution in [0, 0.1) is 0 Å². The molecule has 0 amide bonds. The smallest absolute Gasteiger partial charge is 0.382 e. The van der Waals surface area contributed by atoms with E-state index in [-0.39, 0.29) is 6.04 Å². The third-order valence-electron chi connectivity index (χ3n) is 4.42. The molecule has 0 saturated carbocycles. The van der Waals surface area contributed by atoms with E-state index >= 15 is 0 Å². The van der Waals surface area contributed by atoms with Crippen molar-refractivity contribution in [1.29, 1.82) is 0 Å². The fraction of sp³-hybridized carbons (Fsp3) is 0.600. The summed E-state index contributed by atoms with van der Waals surface area (Å²) in [6, 6.07) is 4.90. The summed E-state index contributed by atoms with van der Waals surface area (Å²) in [6.45, 7) is 2.22. The van der Waals surface area contributed by atoms with Crippen molar-refractivity contribution in [3.63, 3.8) is 0 Å². The van der Waals surface area contributed by atoms with Crippen LogP contribution in [0.4, 0.5) is 18.9 Å². The second-order valence-corrected chi connectivity index (χ2v) is 6.84. The molecule has 2 atom stereocenters. The number of benzene rings is 1. The second-order valence-electron chi connectivity index (χ2n) is 5.92. The van der Waals surface area contributed by atoms with Crippen molar-refractivity contribution in [2.75, 3.05) is 18.4 Å². The molecule has 0 spiro atoms. The van der Waals surface area contributed by atoms with Crippen LogP contribution in [0.1, 0.15) is 31.2 Å². The number of nitrogens with zero attached hydrogens (tertiary/aromatic N) is 1. The van der Waals surface area contributed by atoms with Gasteiger partial charge in [-0.2, -0.15) is 13.2 Å². The number of hydrogen-bond donors (Lipinski definition) is 1. The van der Waals surface area contributed by atoms with Crippen molar-refractivity contribution in [3.05, 3.63) is 28.2 Å². The predicted octanol–water partition coefficient (Wildman–Crippen LogP) is 4.51. The third-order valence-corrected chi connectivity index (χ3v) is 4.87. The molecule has 2 nitrogen and oxygen atoms in total. The number of halogens is 4. The fourth-order valence-electron chi connectivity index (χ4n) is 3.43. The van der Waals surface area contributed by atoms with Gasteiger partial charge in [-0.05, 0) is 50.4 Å². The molecule has 21 heavy (non-hydrogen) atoms. The van der Waals surface area contributed by atoms with Gasteiger partial charge in [0.2, 0.25) is 0 Å². The zero-order chi connectivity index (χ0) is 15.0. The molecule has 0 aromatic heterocycles. The average Bonchev–Trinajstić information content (AvgIpc) is 2.84. The highest BCUT2D eigenvalue weighted by Crippen LogP contribution is 2.34. The summed E-state index contributed by atoms with van der Waals surface area (Å²) in [5.74, 6) is 0. The molecular formula is C15H18BrF3N2. The minimum absolute atomic E-state index is 0.264. The Morgan fingerprint density at radius 3 is 2.71 bits per heavy atom. The van der Waals surface area contributed by atoms with Gasteiger partial charge < -0.3 is 10.2 Å². The molecule has 1 N–H and O–H groups in total. The second kappa shape index (κ2) is 5.80. The SMILES string of the molecule is FC(F)(F)c1cc(Br)cc(NC2CCN3CCCC3C2)c1. The first kappa shape index (κ1) is 15.2. The van der Waals surface area contributed by atoms with Crippen LogP contribution >= 0.6 is 15.9 Å². The molecule has 6 heteroatoms. The largest absolute Gasteiger partial charge is 0.416 e. The third kappa shape index (κ3) is 3.54. The van der Waals surface area contributed by atoms with Crippen LogP contribution in [-0.2, 0) is 6.18 Å². The molecule has 0 radical (unpaired) electrons. The molecule has 2 aliphatic rings. The number of fused-ring (bicyclic) bond motifs is 1. The van der Waals surface area contributed by atoms with E-state index in [0.717, 1.165) is 25.5 Å². The van der Waals surface area contributed by atoms with Gasteiger partial charge in [-0.15, -0.1) is 0 Å². The minimum Gasteiger partial charge on any atom is -0.382 e. The Kier molecular flexibility index (Phi) is 4.19. The number of hydrogen-bond acceptors (Lipinski definition) is 2. The molecule has 3 rings (SSSR count). The van der Waals surface area contributed by atoms with Gasteiger partial charge >= 0.3 is 6.18 Å². The minimum atomic E-state index is -4.31. The van der Waals surface area contributed by atoms with Gasteiger partial charge in [0, 0.05) is 28.8 Å². The summed E-state index contributed by atoms with van der Waals surface area (Å²) in [4.78, 5) is 2.50. The van der Waals surface area contributed by atoms with Crippen molar-refractivity contribution in [3.8, 4) is 0 Å². The maximum absolute atomic E-state index is 12.8. The van der Waals surface area contributed by atoms with E-state index < -0.39 is 11.7 Å². The molecule has 116 valence electrons. The van der Waals surface area contributed by atoms with E-state index in [1.807, 2.05) is 0 Å². The van der Waals surface area contributed by atoms with E-state index in [0.29, 0.717) is 16.2 Å². The Hall–Kier alpha value is -0.750. The molecule has 2 fully saturated rings.